The largest absolute Gasteiger partial charge is 0.361 e. The van der Waals surface area contributed by atoms with Gasteiger partial charge in [0, 0.05) is 44.3 Å². The van der Waals surface area contributed by atoms with Gasteiger partial charge >= 0.3 is 0 Å². The Hall–Kier alpha value is -1.77. The molecule has 0 aliphatic carbocycles. The van der Waals surface area contributed by atoms with Crippen LogP contribution in [0.4, 0.5) is 0 Å². The Morgan fingerprint density at radius 1 is 1.22 bits per heavy atom. The Labute approximate surface area is 179 Å². The van der Waals surface area contributed by atoms with Crippen LogP contribution in [0.1, 0.15) is 30.9 Å². The van der Waals surface area contributed by atoms with Gasteiger partial charge in [-0.15, -0.1) is 24.0 Å². The van der Waals surface area contributed by atoms with E-state index < -0.39 is 0 Å². The summed E-state index contributed by atoms with van der Waals surface area (Å²) < 4.78 is 0. The van der Waals surface area contributed by atoms with Gasteiger partial charge in [0.2, 0.25) is 5.91 Å². The summed E-state index contributed by atoms with van der Waals surface area (Å²) in [6.45, 7) is 6.03. The number of likely N-dealkylation sites (N-methyl/N-ethyl adjacent to an activating group) is 1. The number of aromatic amines is 1. The van der Waals surface area contributed by atoms with Crippen LogP contribution in [0.3, 0.4) is 0 Å². The van der Waals surface area contributed by atoms with E-state index in [2.05, 4.69) is 58.9 Å². The minimum atomic E-state index is -0.00584. The van der Waals surface area contributed by atoms with Gasteiger partial charge in [0.05, 0.1) is 0 Å². The van der Waals surface area contributed by atoms with Crippen molar-refractivity contribution in [1.29, 1.82) is 0 Å². The molecule has 3 N–H and O–H groups in total. The van der Waals surface area contributed by atoms with Gasteiger partial charge in [-0.25, -0.2) is 4.99 Å². The van der Waals surface area contributed by atoms with Crippen LogP contribution in [0.5, 0.6) is 0 Å². The molecule has 2 aromatic rings. The second kappa shape index (κ2) is 11.8. The van der Waals surface area contributed by atoms with E-state index in [-0.39, 0.29) is 36.4 Å². The fraction of sp³-hybridized carbons (Fsp3) is 0.500. The van der Waals surface area contributed by atoms with Crippen LogP contribution in [0.2, 0.25) is 0 Å². The number of rotatable bonds is 8. The van der Waals surface area contributed by atoms with Gasteiger partial charge in [0.25, 0.3) is 0 Å². The number of unbranched alkanes of at least 4 members (excludes halogenated alkanes) is 1. The average molecular weight is 485 g/mol. The van der Waals surface area contributed by atoms with Crippen molar-refractivity contribution in [2.75, 3.05) is 33.7 Å². The van der Waals surface area contributed by atoms with E-state index in [9.17, 15) is 4.79 Å². The van der Waals surface area contributed by atoms with Crippen molar-refractivity contribution in [1.82, 2.24) is 20.5 Å². The molecule has 0 aliphatic rings. The highest BCUT2D eigenvalue weighted by Gasteiger charge is 2.07. The van der Waals surface area contributed by atoms with Crippen LogP contribution in [0.25, 0.3) is 10.9 Å². The van der Waals surface area contributed by atoms with Crippen molar-refractivity contribution >= 4 is 46.7 Å². The number of fused-ring (bicyclic) bond motifs is 1. The summed E-state index contributed by atoms with van der Waals surface area (Å²) in [5.74, 6) is 0.693. The summed E-state index contributed by atoms with van der Waals surface area (Å²) in [6, 6.07) is 6.36. The maximum atomic E-state index is 11.8. The lowest BCUT2D eigenvalue weighted by Gasteiger charge is -2.13. The van der Waals surface area contributed by atoms with Crippen molar-refractivity contribution < 1.29 is 4.79 Å². The normalized spacial score (nSPS) is 11.2. The molecule has 0 fully saturated rings. The first-order chi connectivity index (χ1) is 12.5. The number of guanidine groups is 1. The van der Waals surface area contributed by atoms with Gasteiger partial charge in [0.1, 0.15) is 6.54 Å². The first-order valence-electron chi connectivity index (χ1n) is 9.30. The Bertz CT molecular complexity index is 754. The summed E-state index contributed by atoms with van der Waals surface area (Å²) >= 11 is 0. The molecule has 0 saturated carbocycles. The van der Waals surface area contributed by atoms with Crippen LogP contribution >= 0.6 is 24.0 Å². The highest BCUT2D eigenvalue weighted by atomic mass is 127. The molecule has 0 radical (unpaired) electrons. The molecule has 6 nitrogen and oxygen atoms in total. The highest BCUT2D eigenvalue weighted by Crippen LogP contribution is 2.21. The fourth-order valence-corrected chi connectivity index (χ4v) is 2.73. The van der Waals surface area contributed by atoms with Gasteiger partial charge in [-0.05, 0) is 30.9 Å². The number of H-pyrrole nitrogens is 1. The highest BCUT2D eigenvalue weighted by molar-refractivity contribution is 14.0. The molecule has 1 aromatic heterocycles. The smallest absolute Gasteiger partial charge is 0.243 e. The number of aryl methyl sites for hydroxylation is 1. The molecule has 2 rings (SSSR count). The van der Waals surface area contributed by atoms with Gasteiger partial charge < -0.3 is 20.5 Å². The number of carbonyl (C=O) groups excluding carboxylic acids is 1. The summed E-state index contributed by atoms with van der Waals surface area (Å²) in [6.07, 6.45) is 5.16. The molecular weight excluding hydrogens is 453 g/mol. The second-order valence-corrected chi connectivity index (χ2v) is 6.72. The van der Waals surface area contributed by atoms with Crippen molar-refractivity contribution in [3.8, 4) is 0 Å². The number of aliphatic imine (C=N–C) groups is 1. The first kappa shape index (κ1) is 23.3. The van der Waals surface area contributed by atoms with Gasteiger partial charge in [-0.3, -0.25) is 4.79 Å². The number of halogens is 1. The standard InChI is InChI=1S/C20H31N5O.HI/c1-5-6-11-21-20(24-14-18(26)25(3)4)22-12-10-16-13-23-19-15(2)8-7-9-17(16)19;/h7-9,13,23H,5-6,10-12,14H2,1-4H3,(H2,21,22,24);1H. The molecule has 0 bridgehead atoms. The molecule has 0 spiro atoms. The van der Waals surface area contributed by atoms with Crippen molar-refractivity contribution in [3.05, 3.63) is 35.5 Å². The third kappa shape index (κ3) is 7.04. The zero-order valence-corrected chi connectivity index (χ0v) is 19.1. The van der Waals surface area contributed by atoms with Crippen LogP contribution in [0.15, 0.2) is 29.4 Å². The predicted molar refractivity (Wildman–Crippen MR) is 124 cm³/mol. The molecule has 0 aliphatic heterocycles. The number of para-hydroxylation sites is 1. The number of hydrogen-bond donors (Lipinski definition) is 3. The Balaban J connectivity index is 0.00000364. The number of benzene rings is 1. The summed E-state index contributed by atoms with van der Waals surface area (Å²) in [7, 11) is 3.49. The second-order valence-electron chi connectivity index (χ2n) is 6.72. The third-order valence-electron chi connectivity index (χ3n) is 4.39. The third-order valence-corrected chi connectivity index (χ3v) is 4.39. The van der Waals surface area contributed by atoms with E-state index in [0.29, 0.717) is 5.96 Å². The quantitative estimate of drug-likeness (QED) is 0.233. The Kier molecular flexibility index (Phi) is 10.2. The van der Waals surface area contributed by atoms with E-state index in [1.165, 1.54) is 22.0 Å². The zero-order chi connectivity index (χ0) is 18.9. The van der Waals surface area contributed by atoms with Crippen LogP contribution in [0, 0.1) is 6.92 Å². The van der Waals surface area contributed by atoms with E-state index in [1.54, 1.807) is 19.0 Å². The Morgan fingerprint density at radius 2 is 1.96 bits per heavy atom. The van der Waals surface area contributed by atoms with Crippen LogP contribution in [-0.2, 0) is 11.2 Å². The van der Waals surface area contributed by atoms with E-state index in [1.807, 2.05) is 0 Å². The molecule has 0 atom stereocenters. The minimum absolute atomic E-state index is 0. The lowest BCUT2D eigenvalue weighted by atomic mass is 10.1. The van der Waals surface area contributed by atoms with Crippen molar-refractivity contribution in [3.63, 3.8) is 0 Å². The van der Waals surface area contributed by atoms with Crippen molar-refractivity contribution in [2.24, 2.45) is 4.99 Å². The summed E-state index contributed by atoms with van der Waals surface area (Å²) in [4.78, 5) is 21.1. The molecule has 1 heterocycles. The lowest BCUT2D eigenvalue weighted by Crippen LogP contribution is -2.39. The van der Waals surface area contributed by atoms with E-state index in [4.69, 9.17) is 0 Å². The maximum Gasteiger partial charge on any atom is 0.243 e. The molecule has 7 heteroatoms. The first-order valence-corrected chi connectivity index (χ1v) is 9.30. The van der Waals surface area contributed by atoms with E-state index >= 15 is 0 Å². The summed E-state index contributed by atoms with van der Waals surface area (Å²) in [5.41, 5.74) is 3.75. The number of amides is 1. The lowest BCUT2D eigenvalue weighted by molar-refractivity contribution is -0.127. The molecule has 1 aromatic carbocycles. The molecule has 0 unspecified atom stereocenters. The SMILES string of the molecule is CCCCNC(=NCC(=O)N(C)C)NCCc1c[nH]c2c(C)cccc12.I. The average Bonchev–Trinajstić information content (AvgIpc) is 3.03. The molecule has 1 amide bonds. The van der Waals surface area contributed by atoms with Crippen molar-refractivity contribution in [2.45, 2.75) is 33.1 Å². The topological polar surface area (TPSA) is 72.5 Å². The molecule has 0 saturated heterocycles. The van der Waals surface area contributed by atoms with Crippen LogP contribution in [-0.4, -0.2) is 55.5 Å². The number of hydrogen-bond acceptors (Lipinski definition) is 2. The number of nitrogens with zero attached hydrogens (tertiary/aromatic N) is 2. The number of nitrogens with one attached hydrogen (secondary N) is 3. The molecule has 27 heavy (non-hydrogen) atoms. The van der Waals surface area contributed by atoms with Gasteiger partial charge in [-0.2, -0.15) is 0 Å². The maximum absolute atomic E-state index is 11.8. The number of carbonyl (C=O) groups is 1. The minimum Gasteiger partial charge on any atom is -0.361 e. The van der Waals surface area contributed by atoms with Gasteiger partial charge in [0.15, 0.2) is 5.96 Å². The number of aromatic nitrogens is 1. The summed E-state index contributed by atoms with van der Waals surface area (Å²) in [5, 5.41) is 7.92. The van der Waals surface area contributed by atoms with Crippen LogP contribution < -0.4 is 10.6 Å². The monoisotopic (exact) mass is 485 g/mol. The van der Waals surface area contributed by atoms with Gasteiger partial charge in [-0.1, -0.05) is 31.5 Å². The molecular formula is C20H32IN5O. The zero-order valence-electron chi connectivity index (χ0n) is 16.8. The fourth-order valence-electron chi connectivity index (χ4n) is 2.73. The Morgan fingerprint density at radius 3 is 2.67 bits per heavy atom. The molecule has 150 valence electrons. The predicted octanol–water partition coefficient (Wildman–Crippen LogP) is 3.06. The van der Waals surface area contributed by atoms with E-state index in [0.717, 1.165) is 32.4 Å².